The first-order valence-corrected chi connectivity index (χ1v) is 11.1. The van der Waals surface area contributed by atoms with Gasteiger partial charge in [-0.25, -0.2) is 4.79 Å². The van der Waals surface area contributed by atoms with Gasteiger partial charge in [0, 0.05) is 31.7 Å². The Morgan fingerprint density at radius 3 is 2.62 bits per heavy atom. The first-order valence-electron chi connectivity index (χ1n) is 11.1. The van der Waals surface area contributed by atoms with Crippen molar-refractivity contribution in [3.63, 3.8) is 0 Å². The minimum Gasteiger partial charge on any atom is -0.452 e. The summed E-state index contributed by atoms with van der Waals surface area (Å²) in [6.07, 6.45) is 2.99. The number of benzene rings is 1. The largest absolute Gasteiger partial charge is 0.452 e. The molecular weight excluding hydrogens is 414 g/mol. The molecule has 1 aliphatic carbocycles. The Morgan fingerprint density at radius 2 is 1.94 bits per heavy atom. The lowest BCUT2D eigenvalue weighted by Gasteiger charge is -2.39. The number of hydrogen-bond donors (Lipinski definition) is 0. The van der Waals surface area contributed by atoms with Gasteiger partial charge in [0.05, 0.1) is 23.7 Å². The molecule has 2 unspecified atom stereocenters. The highest BCUT2D eigenvalue weighted by atomic mass is 16.6. The molecule has 4 rings (SSSR count). The maximum Gasteiger partial charge on any atom is 0.338 e. The zero-order valence-electron chi connectivity index (χ0n) is 19.0. The SMILES string of the molecule is CC1(C)CC2CC(C)(CN2C(=O)COC(=O)c2ccc(N3CCOCC3)c([N+](=O)[O-])c2)C1. The van der Waals surface area contributed by atoms with E-state index in [2.05, 4.69) is 20.8 Å². The second-order valence-corrected chi connectivity index (χ2v) is 10.4. The molecule has 0 N–H and O–H groups in total. The summed E-state index contributed by atoms with van der Waals surface area (Å²) in [4.78, 5) is 40.2. The monoisotopic (exact) mass is 445 g/mol. The molecule has 9 heteroatoms. The zero-order valence-corrected chi connectivity index (χ0v) is 19.0. The highest BCUT2D eigenvalue weighted by Crippen LogP contribution is 2.52. The van der Waals surface area contributed by atoms with Crippen LogP contribution in [0.5, 0.6) is 0 Å². The summed E-state index contributed by atoms with van der Waals surface area (Å²) < 4.78 is 10.6. The van der Waals surface area contributed by atoms with Gasteiger partial charge >= 0.3 is 5.97 Å². The van der Waals surface area contributed by atoms with E-state index in [1.54, 1.807) is 6.07 Å². The van der Waals surface area contributed by atoms with Gasteiger partial charge in [-0.1, -0.05) is 20.8 Å². The van der Waals surface area contributed by atoms with Gasteiger partial charge in [0.25, 0.3) is 11.6 Å². The number of esters is 1. The van der Waals surface area contributed by atoms with Gasteiger partial charge in [0.2, 0.25) is 0 Å². The fourth-order valence-electron chi connectivity index (χ4n) is 5.91. The summed E-state index contributed by atoms with van der Waals surface area (Å²) in [5.41, 5.74) is 0.643. The van der Waals surface area contributed by atoms with E-state index in [-0.39, 0.29) is 40.6 Å². The quantitative estimate of drug-likeness (QED) is 0.390. The molecule has 2 atom stereocenters. The van der Waals surface area contributed by atoms with Crippen LogP contribution in [0.1, 0.15) is 50.4 Å². The maximum atomic E-state index is 12.8. The Bertz CT molecular complexity index is 926. The number of nitro benzene ring substituents is 1. The van der Waals surface area contributed by atoms with Crippen LogP contribution >= 0.6 is 0 Å². The number of morpholine rings is 1. The van der Waals surface area contributed by atoms with Crippen LogP contribution in [0.4, 0.5) is 11.4 Å². The second kappa shape index (κ2) is 8.35. The number of ether oxygens (including phenoxy) is 2. The molecule has 2 heterocycles. The molecule has 0 radical (unpaired) electrons. The van der Waals surface area contributed by atoms with Gasteiger partial charge in [-0.05, 0) is 42.2 Å². The number of fused-ring (bicyclic) bond motifs is 2. The van der Waals surface area contributed by atoms with E-state index in [4.69, 9.17) is 9.47 Å². The fourth-order valence-corrected chi connectivity index (χ4v) is 5.91. The van der Waals surface area contributed by atoms with Crippen LogP contribution in [0.25, 0.3) is 0 Å². The number of carbonyl (C=O) groups is 2. The lowest BCUT2D eigenvalue weighted by Crippen LogP contribution is -2.39. The first-order chi connectivity index (χ1) is 15.1. The smallest absolute Gasteiger partial charge is 0.338 e. The van der Waals surface area contributed by atoms with Crippen LogP contribution in [0.15, 0.2) is 18.2 Å². The number of anilines is 1. The topological polar surface area (TPSA) is 102 Å². The van der Waals surface area contributed by atoms with Crippen molar-refractivity contribution >= 4 is 23.3 Å². The molecule has 2 saturated heterocycles. The van der Waals surface area contributed by atoms with Crippen molar-refractivity contribution in [2.75, 3.05) is 44.4 Å². The van der Waals surface area contributed by atoms with Crippen molar-refractivity contribution in [1.82, 2.24) is 4.90 Å². The van der Waals surface area contributed by atoms with Gasteiger partial charge in [-0.3, -0.25) is 14.9 Å². The summed E-state index contributed by atoms with van der Waals surface area (Å²) in [6.45, 7) is 9.10. The minimum absolute atomic E-state index is 0.0646. The van der Waals surface area contributed by atoms with E-state index in [9.17, 15) is 19.7 Å². The maximum absolute atomic E-state index is 12.8. The highest BCUT2D eigenvalue weighted by Gasteiger charge is 2.50. The van der Waals surface area contributed by atoms with E-state index in [1.807, 2.05) is 9.80 Å². The Morgan fingerprint density at radius 1 is 1.22 bits per heavy atom. The number of hydrogen-bond acceptors (Lipinski definition) is 7. The highest BCUT2D eigenvalue weighted by molar-refractivity contribution is 5.93. The standard InChI is InChI=1S/C23H31N3O6/c1-22(2)11-17-12-23(3,14-22)15-25(17)20(27)13-32-21(28)16-4-5-18(19(10-16)26(29)30)24-6-8-31-9-7-24/h4-5,10,17H,6-9,11-15H2,1-3H3. The molecule has 3 aliphatic rings. The Kier molecular flexibility index (Phi) is 5.87. The summed E-state index contributed by atoms with van der Waals surface area (Å²) in [6, 6.07) is 4.47. The molecule has 1 aromatic carbocycles. The molecule has 1 saturated carbocycles. The number of likely N-dealkylation sites (tertiary alicyclic amines) is 1. The molecule has 2 bridgehead atoms. The summed E-state index contributed by atoms with van der Waals surface area (Å²) >= 11 is 0. The average Bonchev–Trinajstić information content (AvgIpc) is 3.00. The van der Waals surface area contributed by atoms with Gasteiger partial charge in [-0.15, -0.1) is 0 Å². The molecule has 0 aromatic heterocycles. The molecule has 1 amide bonds. The predicted octanol–water partition coefficient (Wildman–Crippen LogP) is 3.02. The molecule has 2 aliphatic heterocycles. The Labute approximate surface area is 187 Å². The van der Waals surface area contributed by atoms with Crippen molar-refractivity contribution in [3.8, 4) is 0 Å². The van der Waals surface area contributed by atoms with E-state index in [0.717, 1.165) is 19.3 Å². The van der Waals surface area contributed by atoms with Crippen LogP contribution in [0.2, 0.25) is 0 Å². The molecule has 1 aromatic rings. The summed E-state index contributed by atoms with van der Waals surface area (Å²) in [5.74, 6) is -0.937. The Hall–Kier alpha value is -2.68. The third kappa shape index (κ3) is 4.57. The van der Waals surface area contributed by atoms with Crippen molar-refractivity contribution in [1.29, 1.82) is 0 Å². The van der Waals surface area contributed by atoms with Gasteiger partial charge < -0.3 is 19.3 Å². The average molecular weight is 446 g/mol. The number of rotatable bonds is 5. The molecular formula is C23H31N3O6. The summed E-state index contributed by atoms with van der Waals surface area (Å²) in [7, 11) is 0. The zero-order chi connectivity index (χ0) is 23.1. The van der Waals surface area contributed by atoms with Crippen molar-refractivity contribution in [2.45, 2.75) is 46.1 Å². The van der Waals surface area contributed by atoms with Crippen molar-refractivity contribution in [2.24, 2.45) is 10.8 Å². The van der Waals surface area contributed by atoms with Crippen molar-refractivity contribution < 1.29 is 24.0 Å². The molecule has 9 nitrogen and oxygen atoms in total. The van der Waals surface area contributed by atoms with E-state index >= 15 is 0 Å². The summed E-state index contributed by atoms with van der Waals surface area (Å²) in [5, 5.41) is 11.6. The normalized spacial score (nSPS) is 26.7. The van der Waals surface area contributed by atoms with Crippen LogP contribution < -0.4 is 4.90 Å². The first kappa shape index (κ1) is 22.5. The number of carbonyl (C=O) groups excluding carboxylic acids is 2. The third-order valence-corrected chi connectivity index (χ3v) is 6.82. The third-order valence-electron chi connectivity index (χ3n) is 6.82. The van der Waals surface area contributed by atoms with Gasteiger partial charge in [0.1, 0.15) is 5.69 Å². The molecule has 174 valence electrons. The van der Waals surface area contributed by atoms with Crippen LogP contribution in [0.3, 0.4) is 0 Å². The van der Waals surface area contributed by atoms with Crippen LogP contribution in [-0.4, -0.2) is 67.2 Å². The molecule has 0 spiro atoms. The molecule has 32 heavy (non-hydrogen) atoms. The Balaban J connectivity index is 1.41. The number of nitrogens with zero attached hydrogens (tertiary/aromatic N) is 3. The van der Waals surface area contributed by atoms with E-state index < -0.39 is 10.9 Å². The van der Waals surface area contributed by atoms with Gasteiger partial charge in [-0.2, -0.15) is 0 Å². The van der Waals surface area contributed by atoms with Crippen molar-refractivity contribution in [3.05, 3.63) is 33.9 Å². The fraction of sp³-hybridized carbons (Fsp3) is 0.652. The second-order valence-electron chi connectivity index (χ2n) is 10.4. The number of amides is 1. The lowest BCUT2D eigenvalue weighted by molar-refractivity contribution is -0.384. The lowest BCUT2D eigenvalue weighted by atomic mass is 9.65. The predicted molar refractivity (Wildman–Crippen MR) is 118 cm³/mol. The van der Waals surface area contributed by atoms with E-state index in [1.165, 1.54) is 12.1 Å². The van der Waals surface area contributed by atoms with Gasteiger partial charge in [0.15, 0.2) is 6.61 Å². The van der Waals surface area contributed by atoms with Crippen LogP contribution in [-0.2, 0) is 14.3 Å². The number of nitro groups is 1. The molecule has 3 fully saturated rings. The van der Waals surface area contributed by atoms with E-state index in [0.29, 0.717) is 38.5 Å². The van der Waals surface area contributed by atoms with Crippen LogP contribution in [0, 0.1) is 20.9 Å². The minimum atomic E-state index is -0.733.